The number of benzene rings is 1. The third kappa shape index (κ3) is 3.59. The van der Waals surface area contributed by atoms with Crippen LogP contribution in [0.15, 0.2) is 26.0 Å². The minimum Gasteiger partial charge on any atom is -0.548 e. The van der Waals surface area contributed by atoms with E-state index in [-0.39, 0.29) is 24.2 Å². The molecule has 32 heavy (non-hydrogen) atoms. The molecule has 1 fully saturated rings. The number of fused-ring (bicyclic) bond motifs is 2. The quantitative estimate of drug-likeness (QED) is 0.580. The minimum absolute atomic E-state index is 0.0427. The number of rotatable bonds is 4. The van der Waals surface area contributed by atoms with Gasteiger partial charge in [0, 0.05) is 40.4 Å². The molecule has 2 aromatic heterocycles. The lowest BCUT2D eigenvalue weighted by atomic mass is 9.86. The number of aryl methyl sites for hydroxylation is 2. The summed E-state index contributed by atoms with van der Waals surface area (Å²) in [6.07, 6.45) is 3.03. The largest absolute Gasteiger partial charge is 0.548 e. The van der Waals surface area contributed by atoms with Crippen LogP contribution in [0, 0.1) is 13.8 Å². The summed E-state index contributed by atoms with van der Waals surface area (Å²) in [6.45, 7) is 10.5. The highest BCUT2D eigenvalue weighted by molar-refractivity contribution is 6.00. The molecule has 0 spiro atoms. The van der Waals surface area contributed by atoms with Gasteiger partial charge in [0.25, 0.3) is 0 Å². The number of carboxylic acid groups (broad SMARTS) is 1. The molecule has 170 valence electrons. The lowest BCUT2D eigenvalue weighted by molar-refractivity contribution is -0.310. The molecule has 3 aromatic rings. The molecule has 4 rings (SSSR count). The van der Waals surface area contributed by atoms with Crippen LogP contribution in [-0.4, -0.2) is 29.4 Å². The Bertz CT molecular complexity index is 1290. The van der Waals surface area contributed by atoms with Gasteiger partial charge in [-0.25, -0.2) is 4.79 Å². The van der Waals surface area contributed by atoms with E-state index in [4.69, 9.17) is 8.83 Å². The molecule has 1 saturated heterocycles. The molecule has 3 heterocycles. The molecule has 1 aliphatic heterocycles. The van der Waals surface area contributed by atoms with Gasteiger partial charge in [0.05, 0.1) is 18.3 Å². The third-order valence-corrected chi connectivity index (χ3v) is 6.58. The lowest BCUT2D eigenvalue weighted by Crippen LogP contribution is -2.47. The van der Waals surface area contributed by atoms with Crippen molar-refractivity contribution in [3.8, 4) is 0 Å². The van der Waals surface area contributed by atoms with Gasteiger partial charge in [-0.15, -0.1) is 0 Å². The molecule has 1 aliphatic rings. The molecular formula is C25H28NO6-. The maximum atomic E-state index is 12.8. The molecule has 7 nitrogen and oxygen atoms in total. The number of nitrogens with zero attached hydrogens (tertiary/aromatic N) is 1. The van der Waals surface area contributed by atoms with E-state index in [9.17, 15) is 19.5 Å². The topological polar surface area (TPSA) is 104 Å². The van der Waals surface area contributed by atoms with Crippen LogP contribution in [0.1, 0.15) is 62.3 Å². The van der Waals surface area contributed by atoms with Gasteiger partial charge in [0.2, 0.25) is 5.91 Å². The van der Waals surface area contributed by atoms with Gasteiger partial charge in [-0.3, -0.25) is 4.79 Å². The molecule has 0 radical (unpaired) electrons. The maximum Gasteiger partial charge on any atom is 0.339 e. The Kier molecular flexibility index (Phi) is 5.39. The fourth-order valence-corrected chi connectivity index (χ4v) is 4.75. The molecule has 1 amide bonds. The van der Waals surface area contributed by atoms with E-state index in [1.165, 1.54) is 4.90 Å². The van der Waals surface area contributed by atoms with Crippen molar-refractivity contribution >= 4 is 33.8 Å². The number of hydrogen-bond donors (Lipinski definition) is 0. The smallest absolute Gasteiger partial charge is 0.339 e. The summed E-state index contributed by atoms with van der Waals surface area (Å²) in [5, 5.41) is 13.1. The number of hydrogen-bond acceptors (Lipinski definition) is 6. The van der Waals surface area contributed by atoms with Crippen molar-refractivity contribution in [3.05, 3.63) is 45.0 Å². The number of aliphatic carboxylic acids is 1. The first-order chi connectivity index (χ1) is 15.0. The van der Waals surface area contributed by atoms with E-state index in [0.717, 1.165) is 27.5 Å². The summed E-state index contributed by atoms with van der Waals surface area (Å²) in [4.78, 5) is 38.1. The predicted octanol–water partition coefficient (Wildman–Crippen LogP) is 3.13. The number of carbonyl (C=O) groups excluding carboxylic acids is 2. The first-order valence-corrected chi connectivity index (χ1v) is 11.0. The van der Waals surface area contributed by atoms with Crippen LogP contribution >= 0.6 is 0 Å². The molecule has 0 aliphatic carbocycles. The zero-order valence-electron chi connectivity index (χ0n) is 19.2. The van der Waals surface area contributed by atoms with Crippen molar-refractivity contribution in [1.29, 1.82) is 0 Å². The summed E-state index contributed by atoms with van der Waals surface area (Å²) in [7, 11) is 0. The molecule has 1 atom stereocenters. The van der Waals surface area contributed by atoms with Crippen LogP contribution in [-0.2, 0) is 21.4 Å². The number of amides is 1. The highest BCUT2D eigenvalue weighted by Gasteiger charge is 2.30. The summed E-state index contributed by atoms with van der Waals surface area (Å²) in [6, 6.07) is 1.11. The van der Waals surface area contributed by atoms with Crippen molar-refractivity contribution in [3.63, 3.8) is 0 Å². The van der Waals surface area contributed by atoms with Crippen LogP contribution in [0.25, 0.3) is 21.9 Å². The van der Waals surface area contributed by atoms with E-state index in [1.807, 2.05) is 19.9 Å². The molecule has 1 unspecified atom stereocenters. The van der Waals surface area contributed by atoms with Crippen molar-refractivity contribution in [2.45, 2.75) is 71.8 Å². The second-order valence-corrected chi connectivity index (χ2v) is 9.71. The number of furan rings is 1. The van der Waals surface area contributed by atoms with E-state index in [0.29, 0.717) is 36.1 Å². The van der Waals surface area contributed by atoms with Crippen LogP contribution in [0.2, 0.25) is 0 Å². The second kappa shape index (κ2) is 7.80. The van der Waals surface area contributed by atoms with Crippen molar-refractivity contribution < 1.29 is 23.5 Å². The minimum atomic E-state index is -1.23. The summed E-state index contributed by atoms with van der Waals surface area (Å²) < 4.78 is 11.5. The van der Waals surface area contributed by atoms with Gasteiger partial charge >= 0.3 is 5.63 Å². The normalized spacial score (nSPS) is 16.9. The summed E-state index contributed by atoms with van der Waals surface area (Å²) >= 11 is 0. The highest BCUT2D eigenvalue weighted by Crippen LogP contribution is 2.37. The number of carboxylic acids is 1. The molecule has 0 bridgehead atoms. The Morgan fingerprint density at radius 2 is 1.88 bits per heavy atom. The first kappa shape index (κ1) is 22.1. The van der Waals surface area contributed by atoms with Gasteiger partial charge < -0.3 is 23.6 Å². The SMILES string of the molecule is Cc1c(CCC(=O)N2CCCC2C(=O)[O-])c(=O)oc2c(C)c3occ(C(C)(C)C)c3cc12. The predicted molar refractivity (Wildman–Crippen MR) is 118 cm³/mol. The fraction of sp³-hybridized carbons (Fsp3) is 0.480. The molecule has 7 heteroatoms. The summed E-state index contributed by atoms with van der Waals surface area (Å²) in [5.74, 6) is -1.52. The Morgan fingerprint density at radius 3 is 2.53 bits per heavy atom. The standard InChI is InChI=1S/C25H29NO6/c1-13-15(8-9-20(27)26-10-6-7-19(26)23(28)29)24(30)32-22-14(2)21-17(11-16(13)22)18(12-31-21)25(3,4)5/h11-12,19H,6-10H2,1-5H3,(H,28,29)/p-1. The van der Waals surface area contributed by atoms with Crippen molar-refractivity contribution in [2.24, 2.45) is 0 Å². The summed E-state index contributed by atoms with van der Waals surface area (Å²) in [5.41, 5.74) is 3.65. The van der Waals surface area contributed by atoms with Crippen molar-refractivity contribution in [1.82, 2.24) is 4.90 Å². The maximum absolute atomic E-state index is 12.8. The zero-order valence-corrected chi connectivity index (χ0v) is 19.2. The highest BCUT2D eigenvalue weighted by atomic mass is 16.4. The van der Waals surface area contributed by atoms with Gasteiger partial charge in [0.15, 0.2) is 0 Å². The second-order valence-electron chi connectivity index (χ2n) is 9.71. The van der Waals surface area contributed by atoms with Crippen LogP contribution in [0.3, 0.4) is 0 Å². The van der Waals surface area contributed by atoms with Crippen molar-refractivity contribution in [2.75, 3.05) is 6.54 Å². The average Bonchev–Trinajstić information content (AvgIpc) is 3.36. The monoisotopic (exact) mass is 438 g/mol. The first-order valence-electron chi connectivity index (χ1n) is 11.0. The van der Waals surface area contributed by atoms with Crippen LogP contribution in [0.4, 0.5) is 0 Å². The Hall–Kier alpha value is -3.09. The zero-order chi connectivity index (χ0) is 23.4. The van der Waals surface area contributed by atoms with Gasteiger partial charge in [-0.05, 0) is 50.2 Å². The Morgan fingerprint density at radius 1 is 1.16 bits per heavy atom. The van der Waals surface area contributed by atoms with Gasteiger partial charge in [-0.1, -0.05) is 20.8 Å². The molecule has 0 N–H and O–H groups in total. The molecule has 0 saturated carbocycles. The van der Waals surface area contributed by atoms with Gasteiger partial charge in [-0.2, -0.15) is 0 Å². The Labute approximate surface area is 186 Å². The Balaban J connectivity index is 1.73. The number of likely N-dealkylation sites (tertiary alicyclic amines) is 1. The van der Waals surface area contributed by atoms with E-state index in [1.54, 1.807) is 6.26 Å². The van der Waals surface area contributed by atoms with E-state index in [2.05, 4.69) is 20.8 Å². The fourth-order valence-electron chi connectivity index (χ4n) is 4.75. The number of carbonyl (C=O) groups is 2. The van der Waals surface area contributed by atoms with Crippen LogP contribution in [0.5, 0.6) is 0 Å². The lowest BCUT2D eigenvalue weighted by Gasteiger charge is -2.25. The average molecular weight is 439 g/mol. The molecule has 1 aromatic carbocycles. The third-order valence-electron chi connectivity index (χ3n) is 6.58. The van der Waals surface area contributed by atoms with E-state index >= 15 is 0 Å². The van der Waals surface area contributed by atoms with Crippen LogP contribution < -0.4 is 10.7 Å². The molecular weight excluding hydrogens is 410 g/mol. The van der Waals surface area contributed by atoms with Gasteiger partial charge in [0.1, 0.15) is 11.2 Å². The van der Waals surface area contributed by atoms with E-state index < -0.39 is 17.6 Å².